The molecule has 1 N–H and O–H groups in total. The van der Waals surface area contributed by atoms with E-state index in [0.717, 1.165) is 18.4 Å². The maximum absolute atomic E-state index is 13.0. The number of carbonyl (C=O) groups excluding carboxylic acids is 1. The van der Waals surface area contributed by atoms with E-state index in [1.54, 1.807) is 48.5 Å². The molecule has 1 unspecified atom stereocenters. The molecule has 0 saturated carbocycles. The number of anilines is 1. The van der Waals surface area contributed by atoms with Gasteiger partial charge < -0.3 is 5.32 Å². The van der Waals surface area contributed by atoms with Crippen molar-refractivity contribution >= 4 is 33.2 Å². The molecule has 1 saturated heterocycles. The Morgan fingerprint density at radius 1 is 1.15 bits per heavy atom. The predicted molar refractivity (Wildman–Crippen MR) is 103 cm³/mol. The first-order valence-electron chi connectivity index (χ1n) is 8.53. The normalized spacial score (nSPS) is 18.5. The molecular formula is C19H21ClN2O3S. The molecule has 1 aliphatic heterocycles. The topological polar surface area (TPSA) is 66.5 Å². The number of amides is 1. The fourth-order valence-electron chi connectivity index (χ4n) is 3.09. The standard InChI is InChI=1S/C19H21ClN2O3S/c1-14-8-10-17(11-9-14)26(24,25)22-12-3-2-7-18(22)19(23)21-16-6-4-5-15(20)13-16/h4-6,8-11,13,18H,2-3,7,12H2,1H3,(H,21,23). The van der Waals surface area contributed by atoms with Crippen molar-refractivity contribution in [2.24, 2.45) is 0 Å². The fraction of sp³-hybridized carbons (Fsp3) is 0.316. The van der Waals surface area contributed by atoms with Gasteiger partial charge in [-0.25, -0.2) is 8.42 Å². The molecule has 2 aromatic rings. The smallest absolute Gasteiger partial charge is 0.243 e. The van der Waals surface area contributed by atoms with Crippen molar-refractivity contribution in [1.29, 1.82) is 0 Å². The summed E-state index contributed by atoms with van der Waals surface area (Å²) in [7, 11) is -3.73. The van der Waals surface area contributed by atoms with E-state index in [1.807, 2.05) is 6.92 Å². The zero-order chi connectivity index (χ0) is 18.7. The number of benzene rings is 2. The second kappa shape index (κ2) is 7.78. The Morgan fingerprint density at radius 2 is 1.88 bits per heavy atom. The summed E-state index contributed by atoms with van der Waals surface area (Å²) in [5.74, 6) is -0.331. The molecule has 0 spiro atoms. The van der Waals surface area contributed by atoms with Crippen LogP contribution in [0.15, 0.2) is 53.4 Å². The highest BCUT2D eigenvalue weighted by Gasteiger charge is 2.37. The summed E-state index contributed by atoms with van der Waals surface area (Å²) < 4.78 is 27.4. The molecule has 0 aliphatic carbocycles. The lowest BCUT2D eigenvalue weighted by molar-refractivity contribution is -0.120. The van der Waals surface area contributed by atoms with E-state index in [1.165, 1.54) is 4.31 Å². The number of sulfonamides is 1. The zero-order valence-corrected chi connectivity index (χ0v) is 16.1. The monoisotopic (exact) mass is 392 g/mol. The minimum atomic E-state index is -3.73. The molecule has 26 heavy (non-hydrogen) atoms. The summed E-state index contributed by atoms with van der Waals surface area (Å²) in [4.78, 5) is 13.0. The molecule has 0 aromatic heterocycles. The summed E-state index contributed by atoms with van der Waals surface area (Å²) in [6, 6.07) is 12.8. The first-order valence-corrected chi connectivity index (χ1v) is 10.3. The molecule has 1 amide bonds. The van der Waals surface area contributed by atoms with Gasteiger partial charge in [-0.05, 0) is 50.1 Å². The van der Waals surface area contributed by atoms with E-state index in [-0.39, 0.29) is 10.8 Å². The number of hydrogen-bond donors (Lipinski definition) is 1. The maximum Gasteiger partial charge on any atom is 0.243 e. The van der Waals surface area contributed by atoms with Crippen molar-refractivity contribution in [3.63, 3.8) is 0 Å². The number of rotatable bonds is 4. The Hall–Kier alpha value is -1.89. The Kier molecular flexibility index (Phi) is 5.65. The molecule has 0 radical (unpaired) electrons. The molecule has 1 atom stereocenters. The van der Waals surface area contributed by atoms with E-state index in [4.69, 9.17) is 11.6 Å². The van der Waals surface area contributed by atoms with Crippen LogP contribution in [0.3, 0.4) is 0 Å². The number of hydrogen-bond acceptors (Lipinski definition) is 3. The molecule has 5 nitrogen and oxygen atoms in total. The van der Waals surface area contributed by atoms with Crippen molar-refractivity contribution < 1.29 is 13.2 Å². The Morgan fingerprint density at radius 3 is 2.58 bits per heavy atom. The van der Waals surface area contributed by atoms with Gasteiger partial charge in [0.05, 0.1) is 4.90 Å². The molecular weight excluding hydrogens is 372 g/mol. The summed E-state index contributed by atoms with van der Waals surface area (Å²) in [5, 5.41) is 3.30. The third-order valence-corrected chi connectivity index (χ3v) is 6.63. The van der Waals surface area contributed by atoms with Gasteiger partial charge in [-0.3, -0.25) is 4.79 Å². The molecule has 1 aliphatic rings. The molecule has 1 fully saturated rings. The van der Waals surface area contributed by atoms with Crippen LogP contribution < -0.4 is 5.32 Å². The van der Waals surface area contributed by atoms with Crippen molar-refractivity contribution in [2.45, 2.75) is 37.1 Å². The molecule has 3 rings (SSSR count). The molecule has 7 heteroatoms. The van der Waals surface area contributed by atoms with E-state index < -0.39 is 16.1 Å². The van der Waals surface area contributed by atoms with Crippen molar-refractivity contribution in [3.05, 3.63) is 59.1 Å². The van der Waals surface area contributed by atoms with Crippen LogP contribution in [0.5, 0.6) is 0 Å². The molecule has 2 aromatic carbocycles. The number of carbonyl (C=O) groups is 1. The minimum absolute atomic E-state index is 0.213. The van der Waals surface area contributed by atoms with Crippen LogP contribution in [0.2, 0.25) is 5.02 Å². The number of halogens is 1. The van der Waals surface area contributed by atoms with Gasteiger partial charge in [-0.15, -0.1) is 0 Å². The summed E-state index contributed by atoms with van der Waals surface area (Å²) in [6.45, 7) is 2.24. The van der Waals surface area contributed by atoms with E-state index in [9.17, 15) is 13.2 Å². The highest BCUT2D eigenvalue weighted by Crippen LogP contribution is 2.27. The van der Waals surface area contributed by atoms with Gasteiger partial charge in [0.2, 0.25) is 15.9 Å². The van der Waals surface area contributed by atoms with Crippen LogP contribution in [0.25, 0.3) is 0 Å². The number of nitrogens with one attached hydrogen (secondary N) is 1. The average molecular weight is 393 g/mol. The van der Waals surface area contributed by atoms with Crippen molar-refractivity contribution in [3.8, 4) is 0 Å². The maximum atomic E-state index is 13.0. The van der Waals surface area contributed by atoms with Gasteiger partial charge in [0.1, 0.15) is 6.04 Å². The van der Waals surface area contributed by atoms with Gasteiger partial charge in [0, 0.05) is 17.3 Å². The van der Waals surface area contributed by atoms with Gasteiger partial charge in [0.25, 0.3) is 0 Å². The van der Waals surface area contributed by atoms with Gasteiger partial charge in [-0.2, -0.15) is 4.31 Å². The molecule has 1 heterocycles. The lowest BCUT2D eigenvalue weighted by Gasteiger charge is -2.33. The van der Waals surface area contributed by atoms with Crippen LogP contribution in [0.4, 0.5) is 5.69 Å². The van der Waals surface area contributed by atoms with Gasteiger partial charge >= 0.3 is 0 Å². The van der Waals surface area contributed by atoms with Crippen LogP contribution in [-0.2, 0) is 14.8 Å². The van der Waals surface area contributed by atoms with Crippen LogP contribution in [-0.4, -0.2) is 31.2 Å². The fourth-order valence-corrected chi connectivity index (χ4v) is 4.94. The first-order chi connectivity index (χ1) is 12.4. The van der Waals surface area contributed by atoms with Crippen LogP contribution >= 0.6 is 11.6 Å². The number of nitrogens with zero attached hydrogens (tertiary/aromatic N) is 1. The van der Waals surface area contributed by atoms with Crippen LogP contribution in [0, 0.1) is 6.92 Å². The number of piperidine rings is 1. The van der Waals surface area contributed by atoms with Crippen molar-refractivity contribution in [1.82, 2.24) is 4.31 Å². The predicted octanol–water partition coefficient (Wildman–Crippen LogP) is 3.83. The Balaban J connectivity index is 1.85. The van der Waals surface area contributed by atoms with Gasteiger partial charge in [-0.1, -0.05) is 41.8 Å². The summed E-state index contributed by atoms with van der Waals surface area (Å²) in [6.07, 6.45) is 2.05. The zero-order valence-electron chi connectivity index (χ0n) is 14.5. The largest absolute Gasteiger partial charge is 0.325 e. The first kappa shape index (κ1) is 18.9. The lowest BCUT2D eigenvalue weighted by atomic mass is 10.0. The SMILES string of the molecule is Cc1ccc(S(=O)(=O)N2CCCCC2C(=O)Nc2cccc(Cl)c2)cc1. The average Bonchev–Trinajstić information content (AvgIpc) is 2.62. The van der Waals surface area contributed by atoms with E-state index in [0.29, 0.717) is 23.7 Å². The highest BCUT2D eigenvalue weighted by molar-refractivity contribution is 7.89. The third kappa shape index (κ3) is 4.09. The Bertz CT molecular complexity index is 897. The third-order valence-electron chi connectivity index (χ3n) is 4.48. The highest BCUT2D eigenvalue weighted by atomic mass is 35.5. The quantitative estimate of drug-likeness (QED) is 0.859. The number of aryl methyl sites for hydroxylation is 1. The van der Waals surface area contributed by atoms with Crippen molar-refractivity contribution in [2.75, 3.05) is 11.9 Å². The summed E-state index contributed by atoms with van der Waals surface area (Å²) in [5.41, 5.74) is 1.54. The minimum Gasteiger partial charge on any atom is -0.325 e. The Labute approximate surface area is 159 Å². The molecule has 0 bridgehead atoms. The lowest BCUT2D eigenvalue weighted by Crippen LogP contribution is -2.49. The molecule has 138 valence electrons. The van der Waals surface area contributed by atoms with E-state index in [2.05, 4.69) is 5.32 Å². The second-order valence-electron chi connectivity index (χ2n) is 6.44. The van der Waals surface area contributed by atoms with E-state index >= 15 is 0 Å². The summed E-state index contributed by atoms with van der Waals surface area (Å²) >= 11 is 5.95. The van der Waals surface area contributed by atoms with Gasteiger partial charge in [0.15, 0.2) is 0 Å². The second-order valence-corrected chi connectivity index (χ2v) is 8.77. The van der Waals surface area contributed by atoms with Crippen LogP contribution in [0.1, 0.15) is 24.8 Å².